The predicted molar refractivity (Wildman–Crippen MR) is 160 cm³/mol. The Labute approximate surface area is 250 Å². The number of hydrogen-bond acceptors (Lipinski definition) is 7. The number of carbonyl (C=O) groups is 3. The van der Waals surface area contributed by atoms with Gasteiger partial charge in [-0.3, -0.25) is 9.59 Å². The van der Waals surface area contributed by atoms with E-state index in [4.69, 9.17) is 10.5 Å². The van der Waals surface area contributed by atoms with Gasteiger partial charge in [0.25, 0.3) is 5.91 Å². The lowest BCUT2D eigenvalue weighted by Crippen LogP contribution is -2.35. The number of imide groups is 1. The van der Waals surface area contributed by atoms with E-state index in [1.165, 1.54) is 27.9 Å². The molecular formula is C32H27FN6O5. The maximum absolute atomic E-state index is 14.0. The molecule has 5 aromatic rings. The van der Waals surface area contributed by atoms with Crippen molar-refractivity contribution in [1.82, 2.24) is 19.7 Å². The summed E-state index contributed by atoms with van der Waals surface area (Å²) in [6.07, 6.45) is 0.894. The molecule has 2 aromatic heterocycles. The number of ketones is 1. The van der Waals surface area contributed by atoms with E-state index in [0.29, 0.717) is 28.2 Å². The van der Waals surface area contributed by atoms with Crippen molar-refractivity contribution < 1.29 is 28.6 Å². The van der Waals surface area contributed by atoms with Gasteiger partial charge >= 0.3 is 6.03 Å². The van der Waals surface area contributed by atoms with Crippen LogP contribution in [0, 0.1) is 19.7 Å². The van der Waals surface area contributed by atoms with E-state index in [1.54, 1.807) is 55.5 Å². The molecule has 4 N–H and O–H groups in total. The molecule has 0 unspecified atom stereocenters. The van der Waals surface area contributed by atoms with Gasteiger partial charge in [-0.2, -0.15) is 5.10 Å². The number of hydrogen-bond donors (Lipinski definition) is 3. The number of rotatable bonds is 6. The first-order valence-electron chi connectivity index (χ1n) is 14.0. The number of H-pyrrole nitrogens is 1. The van der Waals surface area contributed by atoms with Gasteiger partial charge in [-0.15, -0.1) is 0 Å². The highest BCUT2D eigenvalue weighted by Gasteiger charge is 2.51. The van der Waals surface area contributed by atoms with Gasteiger partial charge in [-0.1, -0.05) is 12.1 Å². The Hall–Kier alpha value is -5.49. The summed E-state index contributed by atoms with van der Waals surface area (Å²) in [5.41, 5.74) is 9.88. The van der Waals surface area contributed by atoms with Crippen molar-refractivity contribution >= 4 is 40.1 Å². The Kier molecular flexibility index (Phi) is 6.25. The fourth-order valence-corrected chi connectivity index (χ4v) is 5.95. The number of benzene rings is 3. The molecule has 44 heavy (non-hydrogen) atoms. The fraction of sp³-hybridized carbons (Fsp3) is 0.188. The number of amides is 3. The summed E-state index contributed by atoms with van der Waals surface area (Å²) < 4.78 is 21.2. The highest BCUT2D eigenvalue weighted by molar-refractivity contribution is 6.22. The van der Waals surface area contributed by atoms with Crippen LogP contribution < -0.4 is 15.4 Å². The maximum atomic E-state index is 14.0. The molecule has 0 aliphatic carbocycles. The van der Waals surface area contributed by atoms with Crippen molar-refractivity contribution in [3.8, 4) is 17.2 Å². The average Bonchev–Trinajstić information content (AvgIpc) is 3.74. The van der Waals surface area contributed by atoms with Gasteiger partial charge in [0.1, 0.15) is 17.6 Å². The van der Waals surface area contributed by atoms with Crippen LogP contribution in [0.4, 0.5) is 20.7 Å². The lowest BCUT2D eigenvalue weighted by atomic mass is 10.1. The molecule has 11 nitrogen and oxygen atoms in total. The summed E-state index contributed by atoms with van der Waals surface area (Å²) in [6.45, 7) is 3.74. The molecule has 3 aromatic carbocycles. The zero-order valence-electron chi connectivity index (χ0n) is 23.7. The number of carbonyl (C=O) groups excluding carboxylic acids is 3. The number of anilines is 2. The SMILES string of the molecule is Cc1cc2cc(C(=O)c3cnn(-c4ccc(Oc5ccccc5F)cc4C)c3N)[nH]c2cc1N1C(=O)[C@@H]2C[C@@H](O)CN2C1=O. The first kappa shape index (κ1) is 27.3. The second-order valence-corrected chi connectivity index (χ2v) is 11.1. The van der Waals surface area contributed by atoms with Gasteiger partial charge in [0.05, 0.1) is 34.9 Å². The summed E-state index contributed by atoms with van der Waals surface area (Å²) >= 11 is 0. The summed E-state index contributed by atoms with van der Waals surface area (Å²) in [5.74, 6) is -0.570. The van der Waals surface area contributed by atoms with Gasteiger partial charge < -0.3 is 25.5 Å². The fourth-order valence-electron chi connectivity index (χ4n) is 5.95. The molecule has 0 spiro atoms. The first-order chi connectivity index (χ1) is 21.1. The highest BCUT2D eigenvalue weighted by atomic mass is 19.1. The Morgan fingerprint density at radius 2 is 1.84 bits per heavy atom. The van der Waals surface area contributed by atoms with E-state index < -0.39 is 24.0 Å². The van der Waals surface area contributed by atoms with Crippen molar-refractivity contribution in [3.63, 3.8) is 0 Å². The molecule has 2 atom stereocenters. The third-order valence-electron chi connectivity index (χ3n) is 8.16. The monoisotopic (exact) mass is 594 g/mol. The second kappa shape index (κ2) is 10.1. The maximum Gasteiger partial charge on any atom is 0.332 e. The molecule has 7 rings (SSSR count). The third-order valence-corrected chi connectivity index (χ3v) is 8.16. The number of nitrogen functional groups attached to an aromatic ring is 1. The van der Waals surface area contributed by atoms with Crippen LogP contribution in [0.15, 0.2) is 66.9 Å². The molecule has 0 saturated carbocycles. The number of aryl methyl sites for hydroxylation is 2. The normalized spacial score (nSPS) is 18.0. The number of halogens is 1. The zero-order valence-corrected chi connectivity index (χ0v) is 23.7. The highest BCUT2D eigenvalue weighted by Crippen LogP contribution is 2.36. The van der Waals surface area contributed by atoms with Crippen molar-refractivity contribution in [3.05, 3.63) is 95.1 Å². The molecule has 4 heterocycles. The van der Waals surface area contributed by atoms with Crippen LogP contribution in [0.2, 0.25) is 0 Å². The molecule has 2 aliphatic rings. The number of ether oxygens (including phenoxy) is 1. The van der Waals surface area contributed by atoms with Crippen molar-refractivity contribution in [2.45, 2.75) is 32.4 Å². The van der Waals surface area contributed by atoms with Crippen LogP contribution in [0.25, 0.3) is 16.6 Å². The Balaban J connectivity index is 1.16. The molecule has 2 fully saturated rings. The van der Waals surface area contributed by atoms with Gasteiger partial charge in [0.2, 0.25) is 5.78 Å². The Morgan fingerprint density at radius 1 is 1.07 bits per heavy atom. The molecule has 0 radical (unpaired) electrons. The number of aromatic nitrogens is 3. The lowest BCUT2D eigenvalue weighted by Gasteiger charge is -2.18. The molecule has 222 valence electrons. The summed E-state index contributed by atoms with van der Waals surface area (Å²) in [5, 5.41) is 15.0. The van der Waals surface area contributed by atoms with Gasteiger partial charge in [-0.25, -0.2) is 18.8 Å². The smallest absolute Gasteiger partial charge is 0.332 e. The third kappa shape index (κ3) is 4.30. The molecule has 2 aliphatic heterocycles. The minimum absolute atomic E-state index is 0.102. The van der Waals surface area contributed by atoms with E-state index in [0.717, 1.165) is 15.8 Å². The van der Waals surface area contributed by atoms with Crippen LogP contribution in [0.3, 0.4) is 0 Å². The van der Waals surface area contributed by atoms with Gasteiger partial charge in [0, 0.05) is 23.9 Å². The van der Waals surface area contributed by atoms with Gasteiger partial charge in [0.15, 0.2) is 11.6 Å². The number of aliphatic hydroxyl groups is 1. The largest absolute Gasteiger partial charge is 0.454 e. The summed E-state index contributed by atoms with van der Waals surface area (Å²) in [7, 11) is 0. The second-order valence-electron chi connectivity index (χ2n) is 11.1. The van der Waals surface area contributed by atoms with Crippen LogP contribution in [0.5, 0.6) is 11.5 Å². The summed E-state index contributed by atoms with van der Waals surface area (Å²) in [4.78, 5) is 45.3. The van der Waals surface area contributed by atoms with Crippen LogP contribution in [-0.4, -0.2) is 61.2 Å². The van der Waals surface area contributed by atoms with Crippen molar-refractivity contribution in [2.24, 2.45) is 0 Å². The summed E-state index contributed by atoms with van der Waals surface area (Å²) in [6, 6.07) is 15.3. The molecule has 2 saturated heterocycles. The van der Waals surface area contributed by atoms with E-state index in [1.807, 2.05) is 6.92 Å². The number of aliphatic hydroxyl groups excluding tert-OH is 1. The number of nitrogens with zero attached hydrogens (tertiary/aromatic N) is 4. The minimum atomic E-state index is -0.713. The van der Waals surface area contributed by atoms with Crippen LogP contribution >= 0.6 is 0 Å². The lowest BCUT2D eigenvalue weighted by molar-refractivity contribution is -0.119. The number of para-hydroxylation sites is 1. The number of nitrogens with one attached hydrogen (secondary N) is 1. The quantitative estimate of drug-likeness (QED) is 0.192. The van der Waals surface area contributed by atoms with Crippen molar-refractivity contribution in [2.75, 3.05) is 17.2 Å². The zero-order chi connectivity index (χ0) is 30.9. The Morgan fingerprint density at radius 3 is 2.59 bits per heavy atom. The van der Waals surface area contributed by atoms with E-state index >= 15 is 0 Å². The van der Waals surface area contributed by atoms with Crippen LogP contribution in [0.1, 0.15) is 33.6 Å². The predicted octanol–water partition coefficient (Wildman–Crippen LogP) is 4.62. The van der Waals surface area contributed by atoms with E-state index in [2.05, 4.69) is 10.1 Å². The topological polar surface area (TPSA) is 147 Å². The minimum Gasteiger partial charge on any atom is -0.454 e. The first-order valence-corrected chi connectivity index (χ1v) is 14.0. The van der Waals surface area contributed by atoms with Crippen molar-refractivity contribution in [1.29, 1.82) is 0 Å². The van der Waals surface area contributed by atoms with Gasteiger partial charge in [-0.05, 0) is 73.5 Å². The Bertz CT molecular complexity index is 1990. The number of nitrogens with two attached hydrogens (primary N) is 1. The molecular weight excluding hydrogens is 567 g/mol. The molecule has 3 amide bonds. The van der Waals surface area contributed by atoms with E-state index in [9.17, 15) is 23.9 Å². The van der Waals surface area contributed by atoms with E-state index in [-0.39, 0.29) is 47.5 Å². The van der Waals surface area contributed by atoms with Crippen LogP contribution in [-0.2, 0) is 4.79 Å². The standard InChI is InChI=1S/C32H27FN6O5/c1-16-9-18-11-24(36-23(18)13-26(16)38-31(42)27-12-19(40)15-37(27)32(38)43)29(41)21-14-35-39(30(21)34)25-8-7-20(10-17(25)2)44-28-6-4-3-5-22(28)33/h3-11,13-14,19,27,36,40H,12,15,34H2,1-2H3/t19-,27+/m1/s1. The molecule has 12 heteroatoms. The molecule has 0 bridgehead atoms. The average molecular weight is 595 g/mol. The number of aromatic amines is 1. The number of urea groups is 1. The number of fused-ring (bicyclic) bond motifs is 2.